The molecule has 0 saturated heterocycles. The molecule has 1 atom stereocenters. The molecule has 1 unspecified atom stereocenters. The summed E-state index contributed by atoms with van der Waals surface area (Å²) in [4.78, 5) is 62.3. The van der Waals surface area contributed by atoms with Crippen LogP contribution in [-0.2, 0) is 79.8 Å². The van der Waals surface area contributed by atoms with Gasteiger partial charge in [0.1, 0.15) is 34.5 Å². The summed E-state index contributed by atoms with van der Waals surface area (Å²) >= 11 is 0. The average molecular weight is 1390 g/mol. The van der Waals surface area contributed by atoms with Crippen molar-refractivity contribution >= 4 is 52.8 Å². The van der Waals surface area contributed by atoms with Gasteiger partial charge in [0.2, 0.25) is 0 Å². The Morgan fingerprint density at radius 1 is 0.276 bits per heavy atom. The van der Waals surface area contributed by atoms with Gasteiger partial charge in [0.05, 0.1) is 33.0 Å². The van der Waals surface area contributed by atoms with Gasteiger partial charge in [-0.15, -0.1) is 0 Å². The van der Waals surface area contributed by atoms with E-state index < -0.39 is 52.8 Å². The normalized spacial score (nSPS) is 14.0. The predicted molar refractivity (Wildman–Crippen MR) is 384 cm³/mol. The number of ether oxygens (including phenoxy) is 5. The van der Waals surface area contributed by atoms with Crippen LogP contribution in [0.15, 0.2) is 226 Å². The SMILES string of the molecule is C=C(C)C(=O)OCCCCc1ccccc1OP1(Oc2ccccc2)=NP(Oc2ccccc2CCCCOC(=O)C(=C)C)(Oc2ccccc2CCCCOC(=O)C(=C)C)=NP(Oc2ccccc2CCCCOC(=O)C(=C)C)(Oc2ccccc2CCCCOC(=O)C(=C)C)=N1. The molecule has 520 valence electrons. The molecule has 0 radical (unpaired) electrons. The Labute approximate surface area is 577 Å². The number of hydrogen-bond acceptors (Lipinski definition) is 19. The summed E-state index contributed by atoms with van der Waals surface area (Å²) in [6.45, 7) is 27.5. The third-order valence-corrected chi connectivity index (χ3v) is 22.8. The third-order valence-electron chi connectivity index (χ3n) is 14.7. The summed E-state index contributed by atoms with van der Waals surface area (Å²) in [5.41, 5.74) is 5.21. The van der Waals surface area contributed by atoms with Gasteiger partial charge in [-0.3, -0.25) is 0 Å². The van der Waals surface area contributed by atoms with Gasteiger partial charge in [-0.1, -0.05) is 156 Å². The second kappa shape index (κ2) is 38.7. The zero-order valence-corrected chi connectivity index (χ0v) is 59.5. The molecule has 0 fully saturated rings. The summed E-state index contributed by atoms with van der Waals surface area (Å²) in [6, 6.07) is 46.4. The van der Waals surface area contributed by atoms with E-state index in [-0.39, 0.29) is 33.0 Å². The highest BCUT2D eigenvalue weighted by Crippen LogP contribution is 2.79. The summed E-state index contributed by atoms with van der Waals surface area (Å²) in [7, 11) is -13.7. The molecule has 0 spiro atoms. The van der Waals surface area contributed by atoms with Crippen LogP contribution < -0.4 is 27.1 Å². The minimum Gasteiger partial charge on any atom is -0.462 e. The number of carbonyl (C=O) groups is 5. The topological polar surface area (TPSA) is 224 Å². The smallest absolute Gasteiger partial charge is 0.460 e. The van der Waals surface area contributed by atoms with E-state index in [1.165, 1.54) is 0 Å². The number of nitrogens with zero attached hydrogens (tertiary/aromatic N) is 3. The Morgan fingerprint density at radius 3 is 0.684 bits per heavy atom. The maximum atomic E-state index is 12.5. The number of aryl methyl sites for hydroxylation is 5. The molecule has 0 aromatic heterocycles. The minimum atomic E-state index is -4.58. The van der Waals surface area contributed by atoms with Crippen molar-refractivity contribution < 1.29 is 74.8 Å². The second-order valence-electron chi connectivity index (χ2n) is 23.5. The minimum absolute atomic E-state index is 0.161. The van der Waals surface area contributed by atoms with Crippen LogP contribution in [0.1, 0.15) is 127 Å². The highest BCUT2D eigenvalue weighted by atomic mass is 31.3. The molecule has 19 nitrogen and oxygen atoms in total. The van der Waals surface area contributed by atoms with Gasteiger partial charge in [0, 0.05) is 27.9 Å². The van der Waals surface area contributed by atoms with Crippen molar-refractivity contribution in [3.05, 3.63) is 240 Å². The molecule has 6 aromatic carbocycles. The van der Waals surface area contributed by atoms with E-state index in [0.29, 0.717) is 159 Å². The Kier molecular flexibility index (Phi) is 30.1. The molecule has 0 aliphatic carbocycles. The fourth-order valence-corrected chi connectivity index (χ4v) is 18.8. The van der Waals surface area contributed by atoms with Crippen LogP contribution in [0.25, 0.3) is 0 Å². The first kappa shape index (κ1) is 76.2. The number of para-hydroxylation sites is 6. The van der Waals surface area contributed by atoms with Crippen molar-refractivity contribution in [2.24, 2.45) is 13.5 Å². The molecule has 1 aliphatic rings. The summed E-state index contributed by atoms with van der Waals surface area (Å²) in [6.07, 6.45) is 7.65. The van der Waals surface area contributed by atoms with Crippen LogP contribution >= 0.6 is 23.0 Å². The Balaban J connectivity index is 1.52. The first-order chi connectivity index (χ1) is 47.2. The molecule has 98 heavy (non-hydrogen) atoms. The Bertz CT molecular complexity index is 3660. The molecule has 1 heterocycles. The Morgan fingerprint density at radius 2 is 0.469 bits per heavy atom. The monoisotopic (exact) mass is 1390 g/mol. The van der Waals surface area contributed by atoms with E-state index in [1.807, 2.05) is 140 Å². The van der Waals surface area contributed by atoms with Gasteiger partial charge in [-0.2, -0.15) is 0 Å². The fourth-order valence-electron chi connectivity index (χ4n) is 9.54. The number of rotatable bonds is 42. The quantitative estimate of drug-likeness (QED) is 0.0114. The lowest BCUT2D eigenvalue weighted by Crippen LogP contribution is -2.13. The molecule has 0 N–H and O–H groups in total. The summed E-state index contributed by atoms with van der Waals surface area (Å²) in [5, 5.41) is 0. The highest BCUT2D eigenvalue weighted by molar-refractivity contribution is 7.79. The van der Waals surface area contributed by atoms with E-state index in [1.54, 1.807) is 46.8 Å². The van der Waals surface area contributed by atoms with Crippen molar-refractivity contribution in [1.29, 1.82) is 0 Å². The first-order valence-corrected chi connectivity index (χ1v) is 37.4. The maximum Gasteiger partial charge on any atom is 0.460 e. The lowest BCUT2D eigenvalue weighted by atomic mass is 10.1. The number of carbonyl (C=O) groups excluding carboxylic acids is 5. The molecule has 22 heteroatoms. The Hall–Kier alpha value is -9.14. The van der Waals surface area contributed by atoms with Crippen LogP contribution in [0.3, 0.4) is 0 Å². The van der Waals surface area contributed by atoms with Gasteiger partial charge in [0.25, 0.3) is 0 Å². The first-order valence-electron chi connectivity index (χ1n) is 32.8. The van der Waals surface area contributed by atoms with Crippen molar-refractivity contribution in [2.45, 2.75) is 131 Å². The lowest BCUT2D eigenvalue weighted by molar-refractivity contribution is -0.139. The van der Waals surface area contributed by atoms with Crippen molar-refractivity contribution in [2.75, 3.05) is 33.0 Å². The van der Waals surface area contributed by atoms with Crippen LogP contribution in [-0.4, -0.2) is 62.9 Å². The molecule has 6 aromatic rings. The van der Waals surface area contributed by atoms with Crippen LogP contribution in [0.5, 0.6) is 34.5 Å². The molecule has 1 aliphatic heterocycles. The van der Waals surface area contributed by atoms with Gasteiger partial charge < -0.3 is 50.8 Å². The van der Waals surface area contributed by atoms with Crippen molar-refractivity contribution in [3.63, 3.8) is 0 Å². The van der Waals surface area contributed by atoms with Gasteiger partial charge in [0.15, 0.2) is 0 Å². The molecule has 0 bridgehead atoms. The number of hydrogen-bond donors (Lipinski definition) is 0. The van der Waals surface area contributed by atoms with Gasteiger partial charge >= 0.3 is 52.8 Å². The highest BCUT2D eigenvalue weighted by Gasteiger charge is 2.50. The number of benzene rings is 6. The van der Waals surface area contributed by atoms with E-state index in [4.69, 9.17) is 64.4 Å². The zero-order chi connectivity index (χ0) is 70.3. The molecule has 0 amide bonds. The van der Waals surface area contributed by atoms with E-state index in [9.17, 15) is 24.0 Å². The van der Waals surface area contributed by atoms with Crippen LogP contribution in [0.2, 0.25) is 0 Å². The van der Waals surface area contributed by atoms with Gasteiger partial charge in [-0.25, -0.2) is 24.0 Å². The van der Waals surface area contributed by atoms with Crippen LogP contribution in [0, 0.1) is 0 Å². The number of esters is 5. The average Bonchev–Trinajstić information content (AvgIpc) is 0.727. The molecule has 7 rings (SSSR count). The summed E-state index contributed by atoms with van der Waals surface area (Å²) < 4.78 is 89.9. The van der Waals surface area contributed by atoms with Crippen molar-refractivity contribution in [3.8, 4) is 34.5 Å². The maximum absolute atomic E-state index is 12.5. The predicted octanol–water partition coefficient (Wildman–Crippen LogP) is 19.5. The van der Waals surface area contributed by atoms with Gasteiger partial charge in [-0.05, 0) is 201 Å². The van der Waals surface area contributed by atoms with Crippen molar-refractivity contribution in [1.82, 2.24) is 0 Å². The van der Waals surface area contributed by atoms with E-state index in [0.717, 1.165) is 27.8 Å². The molecular formula is C76H90N3O16P3. The molecule has 0 saturated carbocycles. The number of unbranched alkanes of at least 4 members (excludes halogenated alkanes) is 5. The summed E-state index contributed by atoms with van der Waals surface area (Å²) in [5.74, 6) is -0.348. The second-order valence-corrected chi connectivity index (χ2v) is 29.7. The fraction of sp³-hybridized carbons (Fsp3) is 0.329. The zero-order valence-electron chi connectivity index (χ0n) is 56.8. The standard InChI is InChI=1S/C76H90N3O16P3/c1-56(2)72(80)85-51-29-24-39-61-34-14-19-46-67(61)91-96(90-66-44-12-11-13-45-66)77-97(92-68-47-20-15-35-62(68)40-25-30-52-86-73(81)57(3)4,93-69-48-21-16-36-63(69)41-26-31-53-87-74(82)58(5)6)79-98(78-96,94-70-49-22-17-37-64(70)42-27-32-54-88-75(83)59(7)8)95-71-50-23-18-38-65(71)43-28-33-55-89-76(84)60(9)10/h11-23,34-38,44-50H,1,3,5,7,9,24-33,39-43,51-55H2,2,4,6,8,10H3. The lowest BCUT2D eigenvalue weighted by Gasteiger charge is -2.34. The van der Waals surface area contributed by atoms with E-state index in [2.05, 4.69) is 32.9 Å². The largest absolute Gasteiger partial charge is 0.462 e. The third kappa shape index (κ3) is 24.4. The van der Waals surface area contributed by atoms with Crippen LogP contribution in [0.4, 0.5) is 0 Å². The molecular weight excluding hydrogens is 1300 g/mol. The van der Waals surface area contributed by atoms with E-state index >= 15 is 0 Å².